The maximum Gasteiger partial charge on any atom is 0.256 e. The summed E-state index contributed by atoms with van der Waals surface area (Å²) in [7, 11) is 0. The third kappa shape index (κ3) is 4.09. The molecule has 0 saturated heterocycles. The predicted molar refractivity (Wildman–Crippen MR) is 110 cm³/mol. The lowest BCUT2D eigenvalue weighted by Crippen LogP contribution is -2.16. The molecule has 0 aliphatic heterocycles. The second-order valence-electron chi connectivity index (χ2n) is 7.08. The highest BCUT2D eigenvalue weighted by Crippen LogP contribution is 2.40. The third-order valence-corrected chi connectivity index (χ3v) is 4.86. The topological polar surface area (TPSA) is 71.1 Å². The Labute approximate surface area is 163 Å². The number of carbonyl (C=O) groups excluding carboxylic acids is 2. The zero-order chi connectivity index (χ0) is 19.5. The molecular weight excluding hydrogens is 350 g/mol. The highest BCUT2D eigenvalue weighted by molar-refractivity contribution is 6.08. The monoisotopic (exact) mass is 371 g/mol. The van der Waals surface area contributed by atoms with E-state index in [9.17, 15) is 9.59 Å². The van der Waals surface area contributed by atoms with Crippen LogP contribution in [0, 0.1) is 6.92 Å². The van der Waals surface area contributed by atoms with E-state index in [1.54, 1.807) is 36.7 Å². The molecule has 5 heteroatoms. The van der Waals surface area contributed by atoms with Crippen LogP contribution in [0.25, 0.3) is 0 Å². The zero-order valence-corrected chi connectivity index (χ0v) is 15.6. The molecule has 2 amide bonds. The Balaban J connectivity index is 1.51. The number of nitrogens with one attached hydrogen (secondary N) is 2. The molecule has 4 rings (SSSR count). The van der Waals surface area contributed by atoms with Crippen LogP contribution >= 0.6 is 0 Å². The number of amides is 2. The normalized spacial score (nSPS) is 13.0. The van der Waals surface area contributed by atoms with Crippen molar-refractivity contribution in [2.75, 3.05) is 10.6 Å². The van der Waals surface area contributed by atoms with Crippen molar-refractivity contribution in [1.82, 2.24) is 4.98 Å². The van der Waals surface area contributed by atoms with Gasteiger partial charge in [-0.25, -0.2) is 0 Å². The minimum Gasteiger partial charge on any atom is -0.322 e. The molecule has 1 aromatic heterocycles. The highest BCUT2D eigenvalue weighted by atomic mass is 16.2. The molecule has 1 fully saturated rings. The van der Waals surface area contributed by atoms with E-state index >= 15 is 0 Å². The van der Waals surface area contributed by atoms with E-state index in [-0.39, 0.29) is 11.8 Å². The maximum absolute atomic E-state index is 12.6. The number of hydrogen-bond acceptors (Lipinski definition) is 3. The first-order valence-corrected chi connectivity index (χ1v) is 9.33. The molecule has 1 saturated carbocycles. The van der Waals surface area contributed by atoms with Crippen molar-refractivity contribution in [3.8, 4) is 0 Å². The Morgan fingerprint density at radius 1 is 0.929 bits per heavy atom. The molecule has 0 atom stereocenters. The van der Waals surface area contributed by atoms with E-state index in [0.29, 0.717) is 28.4 Å². The molecule has 28 heavy (non-hydrogen) atoms. The van der Waals surface area contributed by atoms with Crippen LogP contribution in [0.2, 0.25) is 0 Å². The van der Waals surface area contributed by atoms with Crippen LogP contribution in [0.15, 0.2) is 67.0 Å². The Morgan fingerprint density at radius 3 is 2.50 bits per heavy atom. The Hall–Kier alpha value is -3.47. The number of rotatable bonds is 5. The van der Waals surface area contributed by atoms with Gasteiger partial charge in [-0.05, 0) is 73.2 Å². The SMILES string of the molecule is Cc1ccc(NC(=O)c2cccc(C3CC3)c2)cc1C(=O)Nc1cccnc1. The van der Waals surface area contributed by atoms with Gasteiger partial charge in [0.05, 0.1) is 11.9 Å². The standard InChI is InChI=1S/C23H21N3O2/c1-15-7-10-19(13-21(15)23(28)26-20-6-3-11-24-14-20)25-22(27)18-5-2-4-17(12-18)16-8-9-16/h2-7,10-14,16H,8-9H2,1H3,(H,25,27)(H,26,28). The molecule has 0 bridgehead atoms. The molecule has 2 aromatic carbocycles. The fourth-order valence-corrected chi connectivity index (χ4v) is 3.13. The quantitative estimate of drug-likeness (QED) is 0.678. The molecular formula is C23H21N3O2. The summed E-state index contributed by atoms with van der Waals surface area (Å²) < 4.78 is 0. The highest BCUT2D eigenvalue weighted by Gasteiger charge is 2.24. The second-order valence-corrected chi connectivity index (χ2v) is 7.08. The molecule has 1 aliphatic carbocycles. The van der Waals surface area contributed by atoms with E-state index in [2.05, 4.69) is 21.7 Å². The third-order valence-electron chi connectivity index (χ3n) is 4.86. The lowest BCUT2D eigenvalue weighted by atomic mass is 10.1. The van der Waals surface area contributed by atoms with Crippen molar-refractivity contribution in [3.63, 3.8) is 0 Å². The van der Waals surface area contributed by atoms with Crippen molar-refractivity contribution in [1.29, 1.82) is 0 Å². The maximum atomic E-state index is 12.6. The fraction of sp³-hybridized carbons (Fsp3) is 0.174. The summed E-state index contributed by atoms with van der Waals surface area (Å²) in [4.78, 5) is 29.3. The van der Waals surface area contributed by atoms with Crippen LogP contribution < -0.4 is 10.6 Å². The van der Waals surface area contributed by atoms with E-state index in [1.165, 1.54) is 18.4 Å². The number of hydrogen-bond donors (Lipinski definition) is 2. The number of pyridine rings is 1. The van der Waals surface area contributed by atoms with Crippen molar-refractivity contribution in [2.45, 2.75) is 25.7 Å². The van der Waals surface area contributed by atoms with Gasteiger partial charge in [-0.3, -0.25) is 14.6 Å². The zero-order valence-electron chi connectivity index (χ0n) is 15.6. The number of anilines is 2. The molecule has 140 valence electrons. The summed E-state index contributed by atoms with van der Waals surface area (Å²) in [5, 5.41) is 5.72. The van der Waals surface area contributed by atoms with E-state index in [4.69, 9.17) is 0 Å². The van der Waals surface area contributed by atoms with Crippen LogP contribution in [0.3, 0.4) is 0 Å². The van der Waals surface area contributed by atoms with Gasteiger partial charge in [-0.1, -0.05) is 18.2 Å². The average molecular weight is 371 g/mol. The first kappa shape index (κ1) is 17.9. The summed E-state index contributed by atoms with van der Waals surface area (Å²) in [5.74, 6) is 0.178. The average Bonchev–Trinajstić information content (AvgIpc) is 3.55. The summed E-state index contributed by atoms with van der Waals surface area (Å²) in [6.45, 7) is 1.86. The molecule has 2 N–H and O–H groups in total. The minimum absolute atomic E-state index is 0.176. The van der Waals surface area contributed by atoms with E-state index in [1.807, 2.05) is 31.2 Å². The largest absolute Gasteiger partial charge is 0.322 e. The number of benzene rings is 2. The molecule has 0 radical (unpaired) electrons. The van der Waals surface area contributed by atoms with E-state index < -0.39 is 0 Å². The van der Waals surface area contributed by atoms with Crippen molar-refractivity contribution in [3.05, 3.63) is 89.2 Å². The smallest absolute Gasteiger partial charge is 0.256 e. The van der Waals surface area contributed by atoms with Crippen molar-refractivity contribution < 1.29 is 9.59 Å². The number of nitrogens with zero attached hydrogens (tertiary/aromatic N) is 1. The molecule has 1 aliphatic rings. The number of carbonyl (C=O) groups is 2. The van der Waals surface area contributed by atoms with Crippen LogP contribution in [0.1, 0.15) is 50.6 Å². The first-order chi connectivity index (χ1) is 13.6. The summed E-state index contributed by atoms with van der Waals surface area (Å²) in [6.07, 6.45) is 5.62. The number of aryl methyl sites for hydroxylation is 1. The lowest BCUT2D eigenvalue weighted by Gasteiger charge is -2.11. The van der Waals surface area contributed by atoms with Crippen LogP contribution in [-0.2, 0) is 0 Å². The van der Waals surface area contributed by atoms with Gasteiger partial charge in [0, 0.05) is 23.0 Å². The van der Waals surface area contributed by atoms with Gasteiger partial charge in [0.15, 0.2) is 0 Å². The summed E-state index contributed by atoms with van der Waals surface area (Å²) >= 11 is 0. The summed E-state index contributed by atoms with van der Waals surface area (Å²) in [5.41, 5.74) is 4.39. The van der Waals surface area contributed by atoms with Crippen LogP contribution in [-0.4, -0.2) is 16.8 Å². The number of aromatic nitrogens is 1. The van der Waals surface area contributed by atoms with Gasteiger partial charge < -0.3 is 10.6 Å². The molecule has 3 aromatic rings. The van der Waals surface area contributed by atoms with E-state index in [0.717, 1.165) is 5.56 Å². The Kier molecular flexibility index (Phi) is 4.89. The minimum atomic E-state index is -0.239. The molecule has 0 unspecified atom stereocenters. The summed E-state index contributed by atoms with van der Waals surface area (Å²) in [6, 6.07) is 16.6. The van der Waals surface area contributed by atoms with Gasteiger partial charge >= 0.3 is 0 Å². The van der Waals surface area contributed by atoms with Gasteiger partial charge in [-0.15, -0.1) is 0 Å². The Morgan fingerprint density at radius 2 is 1.75 bits per heavy atom. The molecule has 1 heterocycles. The van der Waals surface area contributed by atoms with Crippen molar-refractivity contribution in [2.24, 2.45) is 0 Å². The fourth-order valence-electron chi connectivity index (χ4n) is 3.13. The molecule has 5 nitrogen and oxygen atoms in total. The second kappa shape index (κ2) is 7.64. The van der Waals surface area contributed by atoms with Gasteiger partial charge in [0.25, 0.3) is 11.8 Å². The molecule has 0 spiro atoms. The van der Waals surface area contributed by atoms with Crippen LogP contribution in [0.5, 0.6) is 0 Å². The lowest BCUT2D eigenvalue weighted by molar-refractivity contribution is 0.101. The first-order valence-electron chi connectivity index (χ1n) is 9.33. The van der Waals surface area contributed by atoms with Crippen molar-refractivity contribution >= 4 is 23.2 Å². The predicted octanol–water partition coefficient (Wildman–Crippen LogP) is 4.77. The van der Waals surface area contributed by atoms with Gasteiger partial charge in [0.1, 0.15) is 0 Å². The van der Waals surface area contributed by atoms with Gasteiger partial charge in [-0.2, -0.15) is 0 Å². The Bertz CT molecular complexity index is 1030. The van der Waals surface area contributed by atoms with Crippen LogP contribution in [0.4, 0.5) is 11.4 Å². The van der Waals surface area contributed by atoms with Gasteiger partial charge in [0.2, 0.25) is 0 Å².